The molecule has 1 N–H and O–H groups in total. The zero-order chi connectivity index (χ0) is 10.0. The number of nitrogens with zero attached hydrogens (tertiary/aromatic N) is 1. The third kappa shape index (κ3) is 2.34. The maximum atomic E-state index is 5.75. The van der Waals surface area contributed by atoms with Gasteiger partial charge in [-0.05, 0) is 31.2 Å². The fourth-order valence-electron chi connectivity index (χ4n) is 1.32. The first-order valence-electron chi connectivity index (χ1n) is 4.65. The number of thioether (sulfide) groups is 1. The Hall–Kier alpha value is -0.410. The van der Waals surface area contributed by atoms with Crippen LogP contribution in [0.4, 0.5) is 5.82 Å². The van der Waals surface area contributed by atoms with E-state index in [2.05, 4.69) is 16.6 Å². The minimum Gasteiger partial charge on any atom is -0.369 e. The Kier molecular flexibility index (Phi) is 2.88. The largest absolute Gasteiger partial charge is 0.369 e. The number of anilines is 1. The molecule has 1 aromatic heterocycles. The van der Waals surface area contributed by atoms with E-state index in [0.29, 0.717) is 9.77 Å². The van der Waals surface area contributed by atoms with Crippen LogP contribution in [0.15, 0.2) is 18.3 Å². The third-order valence-corrected chi connectivity index (χ3v) is 4.20. The van der Waals surface area contributed by atoms with Crippen molar-refractivity contribution in [1.29, 1.82) is 0 Å². The smallest absolute Gasteiger partial charge is 0.126 e. The lowest BCUT2D eigenvalue weighted by Gasteiger charge is -2.13. The first-order valence-corrected chi connectivity index (χ1v) is 6.25. The molecule has 0 spiro atoms. The average molecular weight is 229 g/mol. The number of halogens is 1. The minimum absolute atomic E-state index is 0.474. The highest BCUT2D eigenvalue weighted by molar-refractivity contribution is 8.00. The van der Waals surface area contributed by atoms with Gasteiger partial charge in [-0.15, -0.1) is 0 Å². The summed E-state index contributed by atoms with van der Waals surface area (Å²) in [5.74, 6) is 0.912. The molecule has 0 radical (unpaired) electrons. The summed E-state index contributed by atoms with van der Waals surface area (Å²) in [6.45, 7) is 1.00. The Morgan fingerprint density at radius 3 is 2.86 bits per heavy atom. The Bertz CT molecular complexity index is 308. The van der Waals surface area contributed by atoms with Crippen LogP contribution in [0.5, 0.6) is 0 Å². The molecule has 0 bridgehead atoms. The molecular weight excluding hydrogens is 216 g/mol. The van der Waals surface area contributed by atoms with Gasteiger partial charge in [0.15, 0.2) is 0 Å². The maximum Gasteiger partial charge on any atom is 0.126 e. The van der Waals surface area contributed by atoms with Crippen molar-refractivity contribution in [3.8, 4) is 0 Å². The normalized spacial score (nSPS) is 17.9. The van der Waals surface area contributed by atoms with Crippen LogP contribution in [0.1, 0.15) is 12.8 Å². The van der Waals surface area contributed by atoms with Crippen molar-refractivity contribution in [1.82, 2.24) is 4.98 Å². The number of pyridine rings is 1. The van der Waals surface area contributed by atoms with Crippen LogP contribution in [0, 0.1) is 0 Å². The highest BCUT2D eigenvalue weighted by Gasteiger charge is 2.41. The highest BCUT2D eigenvalue weighted by atomic mass is 35.5. The molecule has 1 heterocycles. The van der Waals surface area contributed by atoms with Gasteiger partial charge in [0.1, 0.15) is 5.82 Å². The number of hydrogen-bond acceptors (Lipinski definition) is 3. The molecule has 1 fully saturated rings. The molecule has 1 aliphatic rings. The Labute approximate surface area is 93.4 Å². The molecule has 14 heavy (non-hydrogen) atoms. The average Bonchev–Trinajstić information content (AvgIpc) is 2.98. The molecular formula is C10H13ClN2S. The van der Waals surface area contributed by atoms with Crippen molar-refractivity contribution in [2.24, 2.45) is 0 Å². The molecule has 0 saturated heterocycles. The van der Waals surface area contributed by atoms with Gasteiger partial charge in [0.25, 0.3) is 0 Å². The molecule has 0 unspecified atom stereocenters. The standard InChI is InChI=1S/C10H13ClN2S/c1-14-10(4-5-10)7-13-9-3-2-8(11)6-12-9/h2-3,6H,4-5,7H2,1H3,(H,12,13). The fourth-order valence-corrected chi connectivity index (χ4v) is 2.16. The SMILES string of the molecule is CSC1(CNc2ccc(Cl)cn2)CC1. The quantitative estimate of drug-likeness (QED) is 0.858. The van der Waals surface area contributed by atoms with Crippen molar-refractivity contribution in [2.45, 2.75) is 17.6 Å². The van der Waals surface area contributed by atoms with Crippen molar-refractivity contribution in [3.63, 3.8) is 0 Å². The van der Waals surface area contributed by atoms with Crippen LogP contribution in [0.3, 0.4) is 0 Å². The molecule has 2 rings (SSSR count). The Morgan fingerprint density at radius 2 is 2.36 bits per heavy atom. The summed E-state index contributed by atoms with van der Waals surface area (Å²) >= 11 is 7.69. The van der Waals surface area contributed by atoms with Crippen molar-refractivity contribution in [2.75, 3.05) is 18.1 Å². The molecule has 2 nitrogen and oxygen atoms in total. The summed E-state index contributed by atoms with van der Waals surface area (Å²) in [4.78, 5) is 4.19. The van der Waals surface area contributed by atoms with Gasteiger partial charge in [-0.3, -0.25) is 0 Å². The lowest BCUT2D eigenvalue weighted by Crippen LogP contribution is -2.17. The van der Waals surface area contributed by atoms with Gasteiger partial charge in [0, 0.05) is 17.5 Å². The Balaban J connectivity index is 1.89. The first kappa shape index (κ1) is 10.1. The second kappa shape index (κ2) is 3.99. The fraction of sp³-hybridized carbons (Fsp3) is 0.500. The van der Waals surface area contributed by atoms with Gasteiger partial charge in [0.2, 0.25) is 0 Å². The van der Waals surface area contributed by atoms with Crippen LogP contribution < -0.4 is 5.32 Å². The molecule has 1 saturated carbocycles. The summed E-state index contributed by atoms with van der Waals surface area (Å²) < 4.78 is 0.474. The van der Waals surface area contributed by atoms with E-state index in [1.54, 1.807) is 6.20 Å². The number of aromatic nitrogens is 1. The van der Waals surface area contributed by atoms with Crippen LogP contribution in [0.2, 0.25) is 5.02 Å². The summed E-state index contributed by atoms with van der Waals surface area (Å²) in [5.41, 5.74) is 0. The van der Waals surface area contributed by atoms with Crippen molar-refractivity contribution < 1.29 is 0 Å². The molecule has 0 aromatic carbocycles. The summed E-state index contributed by atoms with van der Waals surface area (Å²) in [6, 6.07) is 3.77. The maximum absolute atomic E-state index is 5.75. The second-order valence-corrected chi connectivity index (χ2v) is 5.31. The van der Waals surface area contributed by atoms with Crippen molar-refractivity contribution in [3.05, 3.63) is 23.4 Å². The minimum atomic E-state index is 0.474. The monoisotopic (exact) mass is 228 g/mol. The van der Waals surface area contributed by atoms with Gasteiger partial charge in [-0.2, -0.15) is 11.8 Å². The molecule has 0 atom stereocenters. The molecule has 0 amide bonds. The van der Waals surface area contributed by atoms with Gasteiger partial charge < -0.3 is 5.32 Å². The summed E-state index contributed by atoms with van der Waals surface area (Å²) in [5, 5.41) is 4.02. The summed E-state index contributed by atoms with van der Waals surface area (Å²) in [7, 11) is 0. The van der Waals surface area contributed by atoms with E-state index in [0.717, 1.165) is 12.4 Å². The van der Waals surface area contributed by atoms with Gasteiger partial charge in [-0.1, -0.05) is 11.6 Å². The van der Waals surface area contributed by atoms with E-state index in [9.17, 15) is 0 Å². The van der Waals surface area contributed by atoms with Gasteiger partial charge in [-0.25, -0.2) is 4.98 Å². The highest BCUT2D eigenvalue weighted by Crippen LogP contribution is 2.46. The zero-order valence-corrected chi connectivity index (χ0v) is 9.66. The first-order chi connectivity index (χ1) is 6.74. The van der Waals surface area contributed by atoms with E-state index in [4.69, 9.17) is 11.6 Å². The summed E-state index contributed by atoms with van der Waals surface area (Å²) in [6.07, 6.45) is 6.47. The number of rotatable bonds is 4. The molecule has 1 aromatic rings. The molecule has 76 valence electrons. The number of nitrogens with one attached hydrogen (secondary N) is 1. The van der Waals surface area contributed by atoms with E-state index < -0.39 is 0 Å². The van der Waals surface area contributed by atoms with Crippen LogP contribution in [0.25, 0.3) is 0 Å². The van der Waals surface area contributed by atoms with E-state index in [1.165, 1.54) is 12.8 Å². The van der Waals surface area contributed by atoms with Crippen LogP contribution in [-0.2, 0) is 0 Å². The van der Waals surface area contributed by atoms with E-state index in [-0.39, 0.29) is 0 Å². The Morgan fingerprint density at radius 1 is 1.57 bits per heavy atom. The van der Waals surface area contributed by atoms with E-state index >= 15 is 0 Å². The third-order valence-electron chi connectivity index (χ3n) is 2.56. The molecule has 0 aliphatic heterocycles. The zero-order valence-electron chi connectivity index (χ0n) is 8.09. The lowest BCUT2D eigenvalue weighted by molar-refractivity contribution is 0.940. The van der Waals surface area contributed by atoms with Crippen LogP contribution >= 0.6 is 23.4 Å². The lowest BCUT2D eigenvalue weighted by atomic mass is 10.4. The number of hydrogen-bond donors (Lipinski definition) is 1. The topological polar surface area (TPSA) is 24.9 Å². The predicted octanol–water partition coefficient (Wildman–Crippen LogP) is 3.04. The van der Waals surface area contributed by atoms with Gasteiger partial charge >= 0.3 is 0 Å². The molecule has 1 aliphatic carbocycles. The predicted molar refractivity (Wildman–Crippen MR) is 63.2 cm³/mol. The van der Waals surface area contributed by atoms with Crippen molar-refractivity contribution >= 4 is 29.2 Å². The van der Waals surface area contributed by atoms with Gasteiger partial charge in [0.05, 0.1) is 5.02 Å². The van der Waals surface area contributed by atoms with Crippen LogP contribution in [-0.4, -0.2) is 22.5 Å². The molecule has 4 heteroatoms. The second-order valence-electron chi connectivity index (χ2n) is 3.60. The van der Waals surface area contributed by atoms with E-state index in [1.807, 2.05) is 23.9 Å².